The lowest BCUT2D eigenvalue weighted by atomic mass is 10.1. The summed E-state index contributed by atoms with van der Waals surface area (Å²) < 4.78 is 14.1. The molecule has 4 heteroatoms. The monoisotopic (exact) mass is 315 g/mol. The van der Waals surface area contributed by atoms with E-state index in [0.717, 1.165) is 31.6 Å². The van der Waals surface area contributed by atoms with Crippen molar-refractivity contribution in [2.45, 2.75) is 26.8 Å². The van der Waals surface area contributed by atoms with Crippen LogP contribution in [0.2, 0.25) is 0 Å². The van der Waals surface area contributed by atoms with E-state index in [1.165, 1.54) is 5.56 Å². The lowest BCUT2D eigenvalue weighted by Gasteiger charge is -2.21. The second-order valence-electron chi connectivity index (χ2n) is 6.34. The molecule has 0 fully saturated rings. The number of halogens is 1. The molecule has 0 aliphatic rings. The molecule has 0 radical (unpaired) electrons. The number of anilines is 1. The molecular formula is C19H26FN3. The first-order valence-corrected chi connectivity index (χ1v) is 8.15. The van der Waals surface area contributed by atoms with Gasteiger partial charge < -0.3 is 10.2 Å². The number of likely N-dealkylation sites (N-methyl/N-ethyl adjacent to an activating group) is 1. The Kier molecular flexibility index (Phi) is 6.53. The van der Waals surface area contributed by atoms with Crippen molar-refractivity contribution in [1.82, 2.24) is 10.3 Å². The molecule has 0 aliphatic carbocycles. The van der Waals surface area contributed by atoms with E-state index in [1.807, 2.05) is 36.2 Å². The smallest absolute Gasteiger partial charge is 0.146 e. The quantitative estimate of drug-likeness (QED) is 0.806. The van der Waals surface area contributed by atoms with Crippen LogP contribution in [0, 0.1) is 11.7 Å². The fourth-order valence-electron chi connectivity index (χ4n) is 2.43. The standard InChI is InChI=1S/C19H26FN3/c1-15(2)13-22-14-17-4-5-18(20)19(12-17)23(3)11-8-16-6-9-21-10-7-16/h4-7,9-10,12,15,22H,8,11,13-14H2,1-3H3. The molecule has 23 heavy (non-hydrogen) atoms. The van der Waals surface area contributed by atoms with Gasteiger partial charge in [0.25, 0.3) is 0 Å². The summed E-state index contributed by atoms with van der Waals surface area (Å²) in [6.45, 7) is 6.85. The lowest BCUT2D eigenvalue weighted by molar-refractivity contribution is 0.551. The number of pyridine rings is 1. The second-order valence-corrected chi connectivity index (χ2v) is 6.34. The Morgan fingerprint density at radius 1 is 1.13 bits per heavy atom. The van der Waals surface area contributed by atoms with Gasteiger partial charge in [0, 0.05) is 32.5 Å². The highest BCUT2D eigenvalue weighted by atomic mass is 19.1. The van der Waals surface area contributed by atoms with Crippen molar-refractivity contribution in [2.24, 2.45) is 5.92 Å². The maximum atomic E-state index is 14.1. The summed E-state index contributed by atoms with van der Waals surface area (Å²) in [5, 5.41) is 3.40. The zero-order valence-electron chi connectivity index (χ0n) is 14.2. The summed E-state index contributed by atoms with van der Waals surface area (Å²) >= 11 is 0. The molecule has 1 aromatic heterocycles. The van der Waals surface area contributed by atoms with Crippen molar-refractivity contribution in [3.8, 4) is 0 Å². The van der Waals surface area contributed by atoms with Crippen LogP contribution in [0.3, 0.4) is 0 Å². The Bertz CT molecular complexity index is 599. The molecule has 2 rings (SSSR count). The number of nitrogens with one attached hydrogen (secondary N) is 1. The lowest BCUT2D eigenvalue weighted by Crippen LogP contribution is -2.22. The molecular weight excluding hydrogens is 289 g/mol. The van der Waals surface area contributed by atoms with E-state index in [4.69, 9.17) is 0 Å². The van der Waals surface area contributed by atoms with E-state index in [0.29, 0.717) is 11.6 Å². The SMILES string of the molecule is CC(C)CNCc1ccc(F)c(N(C)CCc2ccncc2)c1. The van der Waals surface area contributed by atoms with Crippen LogP contribution in [0.5, 0.6) is 0 Å². The fourth-order valence-corrected chi connectivity index (χ4v) is 2.43. The number of benzene rings is 1. The third kappa shape index (κ3) is 5.64. The molecule has 0 bridgehead atoms. The predicted octanol–water partition coefficient (Wildman–Crippen LogP) is 3.65. The zero-order valence-corrected chi connectivity index (χ0v) is 14.2. The minimum absolute atomic E-state index is 0.171. The van der Waals surface area contributed by atoms with Crippen LogP contribution >= 0.6 is 0 Å². The maximum Gasteiger partial charge on any atom is 0.146 e. The van der Waals surface area contributed by atoms with Gasteiger partial charge >= 0.3 is 0 Å². The van der Waals surface area contributed by atoms with Crippen molar-refractivity contribution in [1.29, 1.82) is 0 Å². The van der Waals surface area contributed by atoms with E-state index in [9.17, 15) is 4.39 Å². The summed E-state index contributed by atoms with van der Waals surface area (Å²) in [5.74, 6) is 0.438. The fraction of sp³-hybridized carbons (Fsp3) is 0.421. The predicted molar refractivity (Wildman–Crippen MR) is 94.2 cm³/mol. The third-order valence-electron chi connectivity index (χ3n) is 3.79. The Morgan fingerprint density at radius 3 is 2.57 bits per heavy atom. The highest BCUT2D eigenvalue weighted by Crippen LogP contribution is 2.20. The molecule has 124 valence electrons. The number of rotatable bonds is 8. The number of nitrogens with zero attached hydrogens (tertiary/aromatic N) is 2. The van der Waals surface area contributed by atoms with Gasteiger partial charge in [-0.3, -0.25) is 4.98 Å². The van der Waals surface area contributed by atoms with Crippen LogP contribution in [0.4, 0.5) is 10.1 Å². The molecule has 2 aromatic rings. The van der Waals surface area contributed by atoms with Crippen molar-refractivity contribution in [3.63, 3.8) is 0 Å². The van der Waals surface area contributed by atoms with Crippen LogP contribution < -0.4 is 10.2 Å². The van der Waals surface area contributed by atoms with Crippen LogP contribution in [-0.4, -0.2) is 25.1 Å². The first-order valence-electron chi connectivity index (χ1n) is 8.15. The minimum Gasteiger partial charge on any atom is -0.372 e. The van der Waals surface area contributed by atoms with Gasteiger partial charge in [0.05, 0.1) is 5.69 Å². The van der Waals surface area contributed by atoms with Crippen molar-refractivity contribution in [3.05, 3.63) is 59.7 Å². The van der Waals surface area contributed by atoms with E-state index < -0.39 is 0 Å². The summed E-state index contributed by atoms with van der Waals surface area (Å²) in [6.07, 6.45) is 4.45. The maximum absolute atomic E-state index is 14.1. The van der Waals surface area contributed by atoms with Crippen molar-refractivity contribution >= 4 is 5.69 Å². The molecule has 1 aromatic carbocycles. The minimum atomic E-state index is -0.171. The van der Waals surface area contributed by atoms with Crippen molar-refractivity contribution in [2.75, 3.05) is 25.0 Å². The molecule has 0 unspecified atom stereocenters. The van der Waals surface area contributed by atoms with Gasteiger partial charge in [-0.05, 0) is 54.3 Å². The largest absolute Gasteiger partial charge is 0.372 e. The zero-order chi connectivity index (χ0) is 16.7. The molecule has 0 atom stereocenters. The van der Waals surface area contributed by atoms with Gasteiger partial charge in [-0.25, -0.2) is 4.39 Å². The molecule has 0 amide bonds. The third-order valence-corrected chi connectivity index (χ3v) is 3.79. The molecule has 0 saturated carbocycles. The van der Waals surface area contributed by atoms with Crippen LogP contribution in [-0.2, 0) is 13.0 Å². The number of aromatic nitrogens is 1. The van der Waals surface area contributed by atoms with Gasteiger partial charge in [-0.1, -0.05) is 19.9 Å². The van der Waals surface area contributed by atoms with Gasteiger partial charge in [0.1, 0.15) is 5.82 Å². The Labute approximate surface area is 138 Å². The van der Waals surface area contributed by atoms with E-state index in [2.05, 4.69) is 24.1 Å². The summed E-state index contributed by atoms with van der Waals surface area (Å²) in [4.78, 5) is 5.99. The summed E-state index contributed by atoms with van der Waals surface area (Å²) in [6, 6.07) is 9.34. The average molecular weight is 315 g/mol. The highest BCUT2D eigenvalue weighted by molar-refractivity contribution is 5.49. The van der Waals surface area contributed by atoms with Gasteiger partial charge in [-0.15, -0.1) is 0 Å². The first kappa shape index (κ1) is 17.4. The Morgan fingerprint density at radius 2 is 1.87 bits per heavy atom. The van der Waals surface area contributed by atoms with Crippen LogP contribution in [0.1, 0.15) is 25.0 Å². The van der Waals surface area contributed by atoms with Gasteiger partial charge in [-0.2, -0.15) is 0 Å². The van der Waals surface area contributed by atoms with Crippen LogP contribution in [0.25, 0.3) is 0 Å². The highest BCUT2D eigenvalue weighted by Gasteiger charge is 2.09. The number of hydrogen-bond acceptors (Lipinski definition) is 3. The normalized spacial score (nSPS) is 11.0. The number of hydrogen-bond donors (Lipinski definition) is 1. The van der Waals surface area contributed by atoms with E-state index >= 15 is 0 Å². The van der Waals surface area contributed by atoms with E-state index in [-0.39, 0.29) is 5.82 Å². The summed E-state index contributed by atoms with van der Waals surface area (Å²) in [5.41, 5.74) is 2.97. The molecule has 0 saturated heterocycles. The Balaban J connectivity index is 1.96. The van der Waals surface area contributed by atoms with E-state index in [1.54, 1.807) is 18.5 Å². The topological polar surface area (TPSA) is 28.2 Å². The van der Waals surface area contributed by atoms with Crippen molar-refractivity contribution < 1.29 is 4.39 Å². The molecule has 0 spiro atoms. The van der Waals surface area contributed by atoms with Gasteiger partial charge in [0.15, 0.2) is 0 Å². The molecule has 1 heterocycles. The average Bonchev–Trinajstić information content (AvgIpc) is 2.55. The molecule has 1 N–H and O–H groups in total. The summed E-state index contributed by atoms with van der Waals surface area (Å²) in [7, 11) is 1.94. The van der Waals surface area contributed by atoms with Crippen LogP contribution in [0.15, 0.2) is 42.7 Å². The second kappa shape index (κ2) is 8.63. The first-order chi connectivity index (χ1) is 11.1. The van der Waals surface area contributed by atoms with Gasteiger partial charge in [0.2, 0.25) is 0 Å². The molecule has 3 nitrogen and oxygen atoms in total. The molecule has 0 aliphatic heterocycles. The Hall–Kier alpha value is -1.94.